The molecule has 0 spiro atoms. The van der Waals surface area contributed by atoms with Crippen LogP contribution in [-0.4, -0.2) is 48.9 Å². The highest BCUT2D eigenvalue weighted by molar-refractivity contribution is 7.10. The van der Waals surface area contributed by atoms with Gasteiger partial charge in [0.05, 0.1) is 19.3 Å². The third kappa shape index (κ3) is 4.31. The van der Waals surface area contributed by atoms with Crippen LogP contribution in [0.4, 0.5) is 10.6 Å². The third-order valence-corrected chi connectivity index (χ3v) is 4.66. The molecule has 2 aromatic rings. The van der Waals surface area contributed by atoms with E-state index in [0.717, 1.165) is 26.3 Å². The number of anilines is 1. The average molecular weight is 336 g/mol. The van der Waals surface area contributed by atoms with E-state index in [4.69, 9.17) is 9.26 Å². The van der Waals surface area contributed by atoms with Crippen molar-refractivity contribution in [3.8, 4) is 0 Å². The number of carbonyl (C=O) groups excluding carboxylic acids is 1. The fourth-order valence-electron chi connectivity index (χ4n) is 2.55. The first-order valence-electron chi connectivity index (χ1n) is 7.56. The summed E-state index contributed by atoms with van der Waals surface area (Å²) in [5.74, 6) is 1.07. The van der Waals surface area contributed by atoms with E-state index in [1.165, 1.54) is 4.88 Å². The summed E-state index contributed by atoms with van der Waals surface area (Å²) in [5, 5.41) is 11.4. The molecule has 1 atom stereocenters. The predicted molar refractivity (Wildman–Crippen MR) is 87.7 cm³/mol. The van der Waals surface area contributed by atoms with Gasteiger partial charge in [0.25, 0.3) is 0 Å². The van der Waals surface area contributed by atoms with Gasteiger partial charge in [0.1, 0.15) is 5.76 Å². The Kier molecular flexibility index (Phi) is 5.27. The fraction of sp³-hybridized carbons (Fsp3) is 0.467. The Morgan fingerprint density at radius 3 is 2.96 bits per heavy atom. The quantitative estimate of drug-likeness (QED) is 0.875. The summed E-state index contributed by atoms with van der Waals surface area (Å²) in [4.78, 5) is 15.6. The predicted octanol–water partition coefficient (Wildman–Crippen LogP) is 2.24. The molecular weight excluding hydrogens is 316 g/mol. The number of nitrogens with one attached hydrogen (secondary N) is 2. The number of nitrogens with zero attached hydrogens (tertiary/aromatic N) is 2. The summed E-state index contributed by atoms with van der Waals surface area (Å²) in [6.07, 6.45) is 0. The number of hydrogen-bond donors (Lipinski definition) is 2. The van der Waals surface area contributed by atoms with Gasteiger partial charge in [-0.2, -0.15) is 0 Å². The number of aromatic nitrogens is 1. The summed E-state index contributed by atoms with van der Waals surface area (Å²) in [6, 6.07) is 5.69. The highest BCUT2D eigenvalue weighted by Crippen LogP contribution is 2.25. The smallest absolute Gasteiger partial charge is 0.320 e. The molecule has 3 rings (SSSR count). The highest BCUT2D eigenvalue weighted by Gasteiger charge is 2.24. The topological polar surface area (TPSA) is 79.6 Å². The number of ether oxygens (including phenoxy) is 1. The number of morpholine rings is 1. The monoisotopic (exact) mass is 336 g/mol. The number of urea groups is 1. The third-order valence-electron chi connectivity index (χ3n) is 3.68. The molecule has 2 aromatic heterocycles. The van der Waals surface area contributed by atoms with E-state index >= 15 is 0 Å². The van der Waals surface area contributed by atoms with Gasteiger partial charge in [-0.1, -0.05) is 11.2 Å². The standard InChI is InChI=1S/C15H20N4O3S/c1-11-9-14(18-22-11)17-15(20)16-10-12(13-3-2-8-23-13)19-4-6-21-7-5-19/h2-3,8-9,12H,4-7,10H2,1H3,(H2,16,17,18,20)/t12-/m0/s1. The first-order valence-corrected chi connectivity index (χ1v) is 8.44. The molecule has 124 valence electrons. The molecular formula is C15H20N4O3S. The number of rotatable bonds is 5. The Hall–Kier alpha value is -1.90. The van der Waals surface area contributed by atoms with E-state index in [1.54, 1.807) is 24.3 Å². The lowest BCUT2D eigenvalue weighted by atomic mass is 10.2. The zero-order valence-electron chi connectivity index (χ0n) is 12.9. The normalized spacial score (nSPS) is 16.9. The zero-order valence-corrected chi connectivity index (χ0v) is 13.8. The van der Waals surface area contributed by atoms with Crippen molar-refractivity contribution >= 4 is 23.2 Å². The molecule has 1 aliphatic rings. The van der Waals surface area contributed by atoms with Crippen molar-refractivity contribution in [2.45, 2.75) is 13.0 Å². The van der Waals surface area contributed by atoms with Crippen molar-refractivity contribution in [3.63, 3.8) is 0 Å². The zero-order chi connectivity index (χ0) is 16.1. The summed E-state index contributed by atoms with van der Waals surface area (Å²) >= 11 is 1.70. The number of aryl methyl sites for hydroxylation is 1. The van der Waals surface area contributed by atoms with Crippen LogP contribution in [-0.2, 0) is 4.74 Å². The SMILES string of the molecule is Cc1cc(NC(=O)NC[C@@H](c2cccs2)N2CCOCC2)no1. The van der Waals surface area contributed by atoms with Crippen molar-refractivity contribution in [3.05, 3.63) is 34.2 Å². The Bertz CT molecular complexity index is 622. The molecule has 1 saturated heterocycles. The van der Waals surface area contributed by atoms with Crippen molar-refractivity contribution in [1.29, 1.82) is 0 Å². The van der Waals surface area contributed by atoms with Gasteiger partial charge < -0.3 is 14.6 Å². The Labute approximate surface area is 138 Å². The van der Waals surface area contributed by atoms with Crippen molar-refractivity contribution in [1.82, 2.24) is 15.4 Å². The maximum absolute atomic E-state index is 12.0. The van der Waals surface area contributed by atoms with Gasteiger partial charge >= 0.3 is 6.03 Å². The second kappa shape index (κ2) is 7.58. The summed E-state index contributed by atoms with van der Waals surface area (Å²) in [6.45, 7) is 5.51. The van der Waals surface area contributed by atoms with Crippen LogP contribution in [0.2, 0.25) is 0 Å². The molecule has 2 N–H and O–H groups in total. The lowest BCUT2D eigenvalue weighted by Crippen LogP contribution is -2.44. The first kappa shape index (κ1) is 16.0. The molecule has 8 heteroatoms. The van der Waals surface area contributed by atoms with Crippen LogP contribution in [0.5, 0.6) is 0 Å². The Morgan fingerprint density at radius 1 is 1.48 bits per heavy atom. The molecule has 0 bridgehead atoms. The molecule has 3 heterocycles. The van der Waals surface area contributed by atoms with E-state index in [-0.39, 0.29) is 12.1 Å². The number of carbonyl (C=O) groups is 1. The van der Waals surface area contributed by atoms with Crippen LogP contribution in [0.15, 0.2) is 28.1 Å². The largest absolute Gasteiger partial charge is 0.379 e. The minimum Gasteiger partial charge on any atom is -0.379 e. The van der Waals surface area contributed by atoms with Crippen LogP contribution in [0, 0.1) is 6.92 Å². The van der Waals surface area contributed by atoms with Crippen molar-refractivity contribution in [2.75, 3.05) is 38.2 Å². The minimum atomic E-state index is -0.284. The lowest BCUT2D eigenvalue weighted by molar-refractivity contribution is 0.0175. The minimum absolute atomic E-state index is 0.156. The number of thiophene rings is 1. The average Bonchev–Trinajstić information content (AvgIpc) is 3.21. The van der Waals surface area contributed by atoms with E-state index < -0.39 is 0 Å². The van der Waals surface area contributed by atoms with Gasteiger partial charge in [0.15, 0.2) is 5.82 Å². The maximum Gasteiger partial charge on any atom is 0.320 e. The maximum atomic E-state index is 12.0. The summed E-state index contributed by atoms with van der Waals surface area (Å²) in [5.41, 5.74) is 0. The molecule has 0 unspecified atom stereocenters. The molecule has 1 aliphatic heterocycles. The molecule has 0 aliphatic carbocycles. The van der Waals surface area contributed by atoms with Crippen molar-refractivity contribution in [2.24, 2.45) is 0 Å². The highest BCUT2D eigenvalue weighted by atomic mass is 32.1. The molecule has 23 heavy (non-hydrogen) atoms. The van der Waals surface area contributed by atoms with Gasteiger partial charge in [-0.25, -0.2) is 4.79 Å². The van der Waals surface area contributed by atoms with E-state index in [1.807, 2.05) is 6.07 Å². The number of amides is 2. The van der Waals surface area contributed by atoms with Crippen LogP contribution < -0.4 is 10.6 Å². The van der Waals surface area contributed by atoms with Gasteiger partial charge in [0, 0.05) is 30.6 Å². The molecule has 1 fully saturated rings. The molecule has 0 aromatic carbocycles. The summed E-state index contributed by atoms with van der Waals surface area (Å²) < 4.78 is 10.3. The van der Waals surface area contributed by atoms with Gasteiger partial charge in [-0.05, 0) is 18.4 Å². The Morgan fingerprint density at radius 2 is 2.30 bits per heavy atom. The van der Waals surface area contributed by atoms with Gasteiger partial charge in [-0.3, -0.25) is 10.2 Å². The molecule has 7 nitrogen and oxygen atoms in total. The summed E-state index contributed by atoms with van der Waals surface area (Å²) in [7, 11) is 0. The second-order valence-corrected chi connectivity index (χ2v) is 6.32. The molecule has 2 amide bonds. The molecule has 0 saturated carbocycles. The lowest BCUT2D eigenvalue weighted by Gasteiger charge is -2.34. The van der Waals surface area contributed by atoms with Crippen LogP contribution in [0.1, 0.15) is 16.7 Å². The van der Waals surface area contributed by atoms with Crippen LogP contribution in [0.3, 0.4) is 0 Å². The number of hydrogen-bond acceptors (Lipinski definition) is 6. The van der Waals surface area contributed by atoms with E-state index in [0.29, 0.717) is 18.1 Å². The van der Waals surface area contributed by atoms with Gasteiger partial charge in [-0.15, -0.1) is 11.3 Å². The van der Waals surface area contributed by atoms with Crippen LogP contribution in [0.25, 0.3) is 0 Å². The van der Waals surface area contributed by atoms with E-state index in [2.05, 4.69) is 32.1 Å². The Balaban J connectivity index is 1.58. The van der Waals surface area contributed by atoms with Crippen molar-refractivity contribution < 1.29 is 14.1 Å². The molecule has 0 radical (unpaired) electrons. The first-order chi connectivity index (χ1) is 11.2. The van der Waals surface area contributed by atoms with Crippen LogP contribution >= 0.6 is 11.3 Å². The van der Waals surface area contributed by atoms with Gasteiger partial charge in [0.2, 0.25) is 0 Å². The second-order valence-electron chi connectivity index (χ2n) is 5.34. The fourth-order valence-corrected chi connectivity index (χ4v) is 3.42. The van der Waals surface area contributed by atoms with E-state index in [9.17, 15) is 4.79 Å².